The van der Waals surface area contributed by atoms with Crippen LogP contribution in [0.4, 0.5) is 5.69 Å². The molecule has 2 nitrogen and oxygen atoms in total. The molecule has 0 saturated heterocycles. The van der Waals surface area contributed by atoms with Gasteiger partial charge in [0.25, 0.3) is 5.01 Å². The summed E-state index contributed by atoms with van der Waals surface area (Å²) in [4.78, 5) is 2.12. The topological polar surface area (TPSA) is 7.12 Å². The summed E-state index contributed by atoms with van der Waals surface area (Å²) in [7, 11) is 6.27. The average Bonchev–Trinajstić information content (AvgIpc) is 2.97. The van der Waals surface area contributed by atoms with Crippen LogP contribution in [-0.2, 0) is 7.05 Å². The minimum absolute atomic E-state index is 1.22. The Kier molecular flexibility index (Phi) is 4.02. The number of benzene rings is 3. The Labute approximate surface area is 152 Å². The van der Waals surface area contributed by atoms with E-state index in [1.165, 1.54) is 37.2 Å². The molecule has 4 rings (SSSR count). The predicted octanol–water partition coefficient (Wildman–Crippen LogP) is 5.12. The highest BCUT2D eigenvalue weighted by molar-refractivity contribution is 7.19. The number of nitrogens with zero attached hydrogens (tertiary/aromatic N) is 2. The lowest BCUT2D eigenvalue weighted by atomic mass is 10.1. The number of thiazole rings is 1. The Hall–Kier alpha value is -2.65. The predicted molar refractivity (Wildman–Crippen MR) is 110 cm³/mol. The summed E-state index contributed by atoms with van der Waals surface area (Å²) in [5.41, 5.74) is 3.72. The van der Waals surface area contributed by atoms with E-state index in [1.807, 2.05) is 11.3 Å². The fraction of sp³-hybridized carbons (Fsp3) is 0.136. The van der Waals surface area contributed by atoms with Gasteiger partial charge in [0.05, 0.1) is 0 Å². The first-order valence-electron chi connectivity index (χ1n) is 8.39. The molecule has 0 unspecified atom stereocenters. The number of hydrogen-bond acceptors (Lipinski definition) is 2. The number of aromatic nitrogens is 1. The van der Waals surface area contributed by atoms with Gasteiger partial charge in [0.2, 0.25) is 5.52 Å². The molecule has 1 heterocycles. The SMILES string of the molecule is CN(C)c1ccc(C=Cc2sc3c4ccccc4ccc3[n+]2C)cc1. The highest BCUT2D eigenvalue weighted by atomic mass is 32.1. The van der Waals surface area contributed by atoms with Crippen LogP contribution in [0.15, 0.2) is 60.7 Å². The van der Waals surface area contributed by atoms with Crippen LogP contribution < -0.4 is 9.47 Å². The molecule has 0 radical (unpaired) electrons. The Balaban J connectivity index is 1.74. The fourth-order valence-corrected chi connectivity index (χ4v) is 4.28. The molecule has 0 atom stereocenters. The highest BCUT2D eigenvalue weighted by Crippen LogP contribution is 2.29. The van der Waals surface area contributed by atoms with Gasteiger partial charge in [-0.05, 0) is 35.2 Å². The average molecular weight is 345 g/mol. The van der Waals surface area contributed by atoms with E-state index < -0.39 is 0 Å². The molecular formula is C22H21N2S+. The second kappa shape index (κ2) is 6.34. The lowest BCUT2D eigenvalue weighted by Crippen LogP contribution is -2.28. The maximum Gasteiger partial charge on any atom is 0.262 e. The van der Waals surface area contributed by atoms with Gasteiger partial charge in [-0.2, -0.15) is 4.57 Å². The van der Waals surface area contributed by atoms with Crippen LogP contribution in [0.1, 0.15) is 10.6 Å². The third-order valence-electron chi connectivity index (χ3n) is 4.59. The van der Waals surface area contributed by atoms with Crippen molar-refractivity contribution in [3.05, 3.63) is 71.2 Å². The molecule has 0 N–H and O–H groups in total. The summed E-state index contributed by atoms with van der Waals surface area (Å²) in [6, 6.07) is 21.6. The molecule has 0 aliphatic carbocycles. The van der Waals surface area contributed by atoms with Crippen molar-refractivity contribution < 1.29 is 4.57 Å². The third-order valence-corrected chi connectivity index (χ3v) is 5.84. The van der Waals surface area contributed by atoms with Crippen LogP contribution in [0.5, 0.6) is 0 Å². The van der Waals surface area contributed by atoms with E-state index in [0.29, 0.717) is 0 Å². The largest absolute Gasteiger partial charge is 0.378 e. The number of aryl methyl sites for hydroxylation is 1. The lowest BCUT2D eigenvalue weighted by molar-refractivity contribution is -0.642. The molecule has 124 valence electrons. The molecule has 0 bridgehead atoms. The lowest BCUT2D eigenvalue weighted by Gasteiger charge is -2.11. The number of fused-ring (bicyclic) bond motifs is 3. The highest BCUT2D eigenvalue weighted by Gasteiger charge is 2.16. The normalized spacial score (nSPS) is 11.6. The van der Waals surface area contributed by atoms with Crippen LogP contribution in [0, 0.1) is 0 Å². The van der Waals surface area contributed by atoms with Gasteiger partial charge in [-0.3, -0.25) is 0 Å². The van der Waals surface area contributed by atoms with Crippen molar-refractivity contribution in [2.24, 2.45) is 7.05 Å². The van der Waals surface area contributed by atoms with Crippen LogP contribution >= 0.6 is 11.3 Å². The van der Waals surface area contributed by atoms with Crippen molar-refractivity contribution in [3.63, 3.8) is 0 Å². The van der Waals surface area contributed by atoms with E-state index in [-0.39, 0.29) is 0 Å². The van der Waals surface area contributed by atoms with Crippen molar-refractivity contribution >= 4 is 50.2 Å². The minimum Gasteiger partial charge on any atom is -0.378 e. The molecule has 0 aliphatic rings. The fourth-order valence-electron chi connectivity index (χ4n) is 3.09. The van der Waals surface area contributed by atoms with Gasteiger partial charge in [0.1, 0.15) is 11.7 Å². The first kappa shape index (κ1) is 15.9. The molecule has 0 aliphatic heterocycles. The summed E-state index contributed by atoms with van der Waals surface area (Å²) < 4.78 is 3.63. The van der Waals surface area contributed by atoms with Crippen molar-refractivity contribution in [2.75, 3.05) is 19.0 Å². The number of rotatable bonds is 3. The molecule has 3 aromatic carbocycles. The van der Waals surface area contributed by atoms with Crippen LogP contribution in [-0.4, -0.2) is 14.1 Å². The van der Waals surface area contributed by atoms with Crippen LogP contribution in [0.3, 0.4) is 0 Å². The van der Waals surface area contributed by atoms with E-state index >= 15 is 0 Å². The van der Waals surface area contributed by atoms with E-state index in [4.69, 9.17) is 0 Å². The van der Waals surface area contributed by atoms with Crippen molar-refractivity contribution in [2.45, 2.75) is 0 Å². The first-order valence-corrected chi connectivity index (χ1v) is 9.21. The maximum atomic E-state index is 2.27. The number of anilines is 1. The molecule has 0 amide bonds. The summed E-state index contributed by atoms with van der Waals surface area (Å²) in [6.45, 7) is 0. The smallest absolute Gasteiger partial charge is 0.262 e. The monoisotopic (exact) mass is 345 g/mol. The molecule has 3 heteroatoms. The molecule has 0 spiro atoms. The molecule has 4 aromatic rings. The summed E-state index contributed by atoms with van der Waals surface area (Å²) in [5.74, 6) is 0. The maximum absolute atomic E-state index is 2.27. The van der Waals surface area contributed by atoms with Crippen LogP contribution in [0.25, 0.3) is 33.1 Å². The zero-order valence-corrected chi connectivity index (χ0v) is 15.5. The Morgan fingerprint density at radius 1 is 0.880 bits per heavy atom. The van der Waals surface area contributed by atoms with Crippen molar-refractivity contribution in [1.29, 1.82) is 0 Å². The molecule has 0 saturated carbocycles. The Morgan fingerprint density at radius 2 is 1.64 bits per heavy atom. The van der Waals surface area contributed by atoms with Gasteiger partial charge in [0, 0.05) is 37.3 Å². The van der Waals surface area contributed by atoms with E-state index in [2.05, 4.69) is 103 Å². The van der Waals surface area contributed by atoms with Gasteiger partial charge in [0.15, 0.2) is 0 Å². The Morgan fingerprint density at radius 3 is 2.40 bits per heavy atom. The number of hydrogen-bond donors (Lipinski definition) is 0. The quantitative estimate of drug-likeness (QED) is 0.468. The second-order valence-corrected chi connectivity index (χ2v) is 7.48. The van der Waals surface area contributed by atoms with E-state index in [0.717, 1.165) is 0 Å². The standard InChI is InChI=1S/C22H21N2S/c1-23(2)18-12-8-16(9-13-18)10-15-21-24(3)20-14-11-17-6-4-5-7-19(17)22(20)25-21/h4-15H,1-3H3/q+1. The molecule has 25 heavy (non-hydrogen) atoms. The zero-order chi connectivity index (χ0) is 17.4. The Bertz CT molecular complexity index is 1070. The summed E-state index contributed by atoms with van der Waals surface area (Å²) >= 11 is 1.85. The molecular weight excluding hydrogens is 324 g/mol. The summed E-state index contributed by atoms with van der Waals surface area (Å²) in [6.07, 6.45) is 4.40. The van der Waals surface area contributed by atoms with E-state index in [1.54, 1.807) is 0 Å². The van der Waals surface area contributed by atoms with Gasteiger partial charge >= 0.3 is 0 Å². The van der Waals surface area contributed by atoms with E-state index in [9.17, 15) is 0 Å². The van der Waals surface area contributed by atoms with Gasteiger partial charge in [-0.25, -0.2) is 0 Å². The van der Waals surface area contributed by atoms with Gasteiger partial charge < -0.3 is 4.90 Å². The zero-order valence-electron chi connectivity index (χ0n) is 14.7. The second-order valence-electron chi connectivity index (χ2n) is 6.45. The first-order chi connectivity index (χ1) is 12.1. The minimum atomic E-state index is 1.22. The van der Waals surface area contributed by atoms with Crippen molar-refractivity contribution in [1.82, 2.24) is 0 Å². The third kappa shape index (κ3) is 2.92. The van der Waals surface area contributed by atoms with Crippen LogP contribution in [0.2, 0.25) is 0 Å². The summed E-state index contributed by atoms with van der Waals surface area (Å²) in [5, 5.41) is 3.88. The molecule has 1 aromatic heterocycles. The van der Waals surface area contributed by atoms with Gasteiger partial charge in [-0.1, -0.05) is 47.7 Å². The van der Waals surface area contributed by atoms with Crippen molar-refractivity contribution in [3.8, 4) is 0 Å². The van der Waals surface area contributed by atoms with Gasteiger partial charge in [-0.15, -0.1) is 0 Å². The molecule has 0 fully saturated rings.